The Kier molecular flexibility index (Phi) is 4.62. The second kappa shape index (κ2) is 5.97. The molecule has 0 aliphatic rings. The predicted molar refractivity (Wildman–Crippen MR) is 63.1 cm³/mol. The summed E-state index contributed by atoms with van der Waals surface area (Å²) >= 11 is 0. The number of ether oxygens (including phenoxy) is 2. The summed E-state index contributed by atoms with van der Waals surface area (Å²) in [5.74, 6) is 11.6. The second-order valence-corrected chi connectivity index (χ2v) is 3.16. The van der Waals surface area contributed by atoms with Gasteiger partial charge in [0.2, 0.25) is 11.5 Å². The molecule has 1 rings (SSSR count). The van der Waals surface area contributed by atoms with E-state index in [0.29, 0.717) is 17.9 Å². The Balaban J connectivity index is 3.48. The van der Waals surface area contributed by atoms with Gasteiger partial charge in [-0.1, -0.05) is 6.08 Å². The van der Waals surface area contributed by atoms with Crippen LogP contribution in [0.5, 0.6) is 23.0 Å². The first-order valence-corrected chi connectivity index (χ1v) is 4.85. The van der Waals surface area contributed by atoms with Crippen molar-refractivity contribution in [3.63, 3.8) is 0 Å². The van der Waals surface area contributed by atoms with Gasteiger partial charge < -0.3 is 19.1 Å². The molecule has 17 heavy (non-hydrogen) atoms. The molecule has 6 heteroatoms. The van der Waals surface area contributed by atoms with Crippen LogP contribution in [0.3, 0.4) is 0 Å². The number of hydrogen-bond donors (Lipinski definition) is 2. The van der Waals surface area contributed by atoms with E-state index in [1.165, 1.54) is 14.2 Å². The van der Waals surface area contributed by atoms with E-state index in [2.05, 4.69) is 6.58 Å². The topological polar surface area (TPSA) is 89.0 Å². The minimum absolute atomic E-state index is 0.180. The molecule has 6 nitrogen and oxygen atoms in total. The van der Waals surface area contributed by atoms with Crippen LogP contribution in [0.25, 0.3) is 0 Å². The molecule has 0 atom stereocenters. The highest BCUT2D eigenvalue weighted by molar-refractivity contribution is 5.63. The fourth-order valence-electron chi connectivity index (χ4n) is 1.57. The molecule has 0 bridgehead atoms. The normalized spacial score (nSPS) is 9.65. The van der Waals surface area contributed by atoms with Crippen LogP contribution in [0.1, 0.15) is 5.56 Å². The number of allylic oxidation sites excluding steroid dienone is 1. The largest absolute Gasteiger partial charge is 0.492 e. The Morgan fingerprint density at radius 3 is 2.18 bits per heavy atom. The predicted octanol–water partition coefficient (Wildman–Crippen LogP) is 0.937. The quantitative estimate of drug-likeness (QED) is 0.568. The van der Waals surface area contributed by atoms with Crippen LogP contribution < -0.4 is 30.9 Å². The molecule has 0 aliphatic heterocycles. The van der Waals surface area contributed by atoms with Gasteiger partial charge in [-0.2, -0.15) is 11.8 Å². The molecule has 0 aromatic heterocycles. The molecular weight excluding hydrogens is 224 g/mol. The molecule has 0 saturated carbocycles. The first kappa shape index (κ1) is 13.1. The molecule has 0 unspecified atom stereocenters. The number of hydrogen-bond acceptors (Lipinski definition) is 6. The standard InChI is InChI=1S/C11H16N2O4/c1-4-5-7-6-8(16-12)10(17-13)11(15-3)9(7)14-2/h4,6H,1,5,12-13H2,2-3H3. The molecule has 0 aliphatic carbocycles. The van der Waals surface area contributed by atoms with Crippen LogP contribution in [0.15, 0.2) is 18.7 Å². The van der Waals surface area contributed by atoms with Crippen molar-refractivity contribution in [3.8, 4) is 23.0 Å². The molecule has 94 valence electrons. The number of nitrogens with two attached hydrogens (primary N) is 2. The highest BCUT2D eigenvalue weighted by atomic mass is 16.7. The van der Waals surface area contributed by atoms with Crippen LogP contribution >= 0.6 is 0 Å². The lowest BCUT2D eigenvalue weighted by Crippen LogP contribution is -2.11. The van der Waals surface area contributed by atoms with Gasteiger partial charge in [0.05, 0.1) is 14.2 Å². The van der Waals surface area contributed by atoms with Crippen LogP contribution in [0.4, 0.5) is 0 Å². The molecule has 0 saturated heterocycles. The van der Waals surface area contributed by atoms with E-state index >= 15 is 0 Å². The lowest BCUT2D eigenvalue weighted by atomic mass is 10.1. The van der Waals surface area contributed by atoms with Crippen molar-refractivity contribution in [2.24, 2.45) is 11.8 Å². The zero-order valence-electron chi connectivity index (χ0n) is 9.86. The first-order chi connectivity index (χ1) is 8.23. The maximum atomic E-state index is 5.26. The van der Waals surface area contributed by atoms with Crippen LogP contribution in [0.2, 0.25) is 0 Å². The Bertz CT molecular complexity index is 407. The summed E-state index contributed by atoms with van der Waals surface area (Å²) in [5.41, 5.74) is 0.806. The monoisotopic (exact) mass is 240 g/mol. The summed E-state index contributed by atoms with van der Waals surface area (Å²) in [4.78, 5) is 9.39. The molecule has 0 spiro atoms. The molecule has 1 aromatic rings. The van der Waals surface area contributed by atoms with Crippen LogP contribution in [-0.4, -0.2) is 14.2 Å². The van der Waals surface area contributed by atoms with E-state index in [1.54, 1.807) is 12.1 Å². The molecule has 0 heterocycles. The highest BCUT2D eigenvalue weighted by Gasteiger charge is 2.21. The van der Waals surface area contributed by atoms with Gasteiger partial charge in [-0.05, 0) is 12.5 Å². The minimum atomic E-state index is 0.180. The fourth-order valence-corrected chi connectivity index (χ4v) is 1.57. The van der Waals surface area contributed by atoms with Crippen molar-refractivity contribution in [1.82, 2.24) is 0 Å². The second-order valence-electron chi connectivity index (χ2n) is 3.16. The van der Waals surface area contributed by atoms with Gasteiger partial charge in [-0.3, -0.25) is 0 Å². The Morgan fingerprint density at radius 2 is 1.76 bits per heavy atom. The summed E-state index contributed by atoms with van der Waals surface area (Å²) in [6.45, 7) is 3.66. The first-order valence-electron chi connectivity index (χ1n) is 4.85. The van der Waals surface area contributed by atoms with Gasteiger partial charge in [-0.15, -0.1) is 6.58 Å². The summed E-state index contributed by atoms with van der Waals surface area (Å²) in [7, 11) is 2.99. The Labute approximate surface area is 99.6 Å². The SMILES string of the molecule is C=CCc1cc(ON)c(ON)c(OC)c1OC. The summed E-state index contributed by atoms with van der Waals surface area (Å²) in [6, 6.07) is 1.66. The van der Waals surface area contributed by atoms with E-state index in [4.69, 9.17) is 30.9 Å². The van der Waals surface area contributed by atoms with Gasteiger partial charge in [-0.25, -0.2) is 0 Å². The van der Waals surface area contributed by atoms with E-state index in [-0.39, 0.29) is 11.5 Å². The summed E-state index contributed by atoms with van der Waals surface area (Å²) < 4.78 is 10.4. The highest BCUT2D eigenvalue weighted by Crippen LogP contribution is 2.46. The maximum Gasteiger partial charge on any atom is 0.236 e. The van der Waals surface area contributed by atoms with Gasteiger partial charge in [0.15, 0.2) is 11.5 Å². The van der Waals surface area contributed by atoms with Crippen LogP contribution in [0, 0.1) is 0 Å². The molecule has 0 amide bonds. The van der Waals surface area contributed by atoms with Crippen LogP contribution in [-0.2, 0) is 6.42 Å². The lowest BCUT2D eigenvalue weighted by Gasteiger charge is -2.16. The van der Waals surface area contributed by atoms with E-state index in [0.717, 1.165) is 5.56 Å². The Hall–Kier alpha value is -1.92. The van der Waals surface area contributed by atoms with Crippen molar-refractivity contribution in [2.45, 2.75) is 6.42 Å². The van der Waals surface area contributed by atoms with Crippen molar-refractivity contribution in [1.29, 1.82) is 0 Å². The smallest absolute Gasteiger partial charge is 0.236 e. The van der Waals surface area contributed by atoms with Gasteiger partial charge in [0.25, 0.3) is 0 Å². The zero-order valence-corrected chi connectivity index (χ0v) is 9.86. The van der Waals surface area contributed by atoms with Gasteiger partial charge in [0.1, 0.15) is 0 Å². The average Bonchev–Trinajstić information content (AvgIpc) is 2.37. The van der Waals surface area contributed by atoms with E-state index in [9.17, 15) is 0 Å². The minimum Gasteiger partial charge on any atom is -0.492 e. The molecular formula is C11H16N2O4. The molecule has 1 aromatic carbocycles. The average molecular weight is 240 g/mol. The molecule has 0 radical (unpaired) electrons. The summed E-state index contributed by atoms with van der Waals surface area (Å²) in [6.07, 6.45) is 2.29. The van der Waals surface area contributed by atoms with Gasteiger partial charge >= 0.3 is 0 Å². The third kappa shape index (κ3) is 2.43. The van der Waals surface area contributed by atoms with Crippen molar-refractivity contribution >= 4 is 0 Å². The number of benzene rings is 1. The maximum absolute atomic E-state index is 5.26. The van der Waals surface area contributed by atoms with Gasteiger partial charge in [0, 0.05) is 5.56 Å². The fraction of sp³-hybridized carbons (Fsp3) is 0.273. The third-order valence-corrected chi connectivity index (χ3v) is 2.25. The molecule has 0 fully saturated rings. The molecule has 4 N–H and O–H groups in total. The number of rotatable bonds is 6. The van der Waals surface area contributed by atoms with Crippen molar-refractivity contribution in [2.75, 3.05) is 14.2 Å². The van der Waals surface area contributed by atoms with Crippen molar-refractivity contribution in [3.05, 3.63) is 24.3 Å². The zero-order chi connectivity index (χ0) is 12.8. The lowest BCUT2D eigenvalue weighted by molar-refractivity contribution is 0.258. The summed E-state index contributed by atoms with van der Waals surface area (Å²) in [5, 5.41) is 0. The number of methoxy groups -OCH3 is 2. The Morgan fingerprint density at radius 1 is 1.12 bits per heavy atom. The van der Waals surface area contributed by atoms with E-state index < -0.39 is 0 Å². The third-order valence-electron chi connectivity index (χ3n) is 2.25. The van der Waals surface area contributed by atoms with E-state index in [1.807, 2.05) is 0 Å². The van der Waals surface area contributed by atoms with Crippen molar-refractivity contribution < 1.29 is 19.1 Å².